The van der Waals surface area contributed by atoms with Crippen molar-refractivity contribution in [2.24, 2.45) is 0 Å². The standard InChI is InChI=1S/C14H18N2O2S2/c1-19-14(8-2-3-9-14)11-16-20(17,18)13-6-4-12(10-15)5-7-13/h4-7,16H,2-3,8-9,11H2,1H3. The van der Waals surface area contributed by atoms with Crippen molar-refractivity contribution in [1.82, 2.24) is 4.72 Å². The van der Waals surface area contributed by atoms with Gasteiger partial charge in [0.25, 0.3) is 0 Å². The van der Waals surface area contributed by atoms with Crippen LogP contribution in [0.5, 0.6) is 0 Å². The van der Waals surface area contributed by atoms with Gasteiger partial charge in [-0.15, -0.1) is 0 Å². The molecular weight excluding hydrogens is 292 g/mol. The number of nitrogens with zero attached hydrogens (tertiary/aromatic N) is 1. The summed E-state index contributed by atoms with van der Waals surface area (Å²) >= 11 is 1.75. The molecule has 20 heavy (non-hydrogen) atoms. The van der Waals surface area contributed by atoms with Crippen LogP contribution < -0.4 is 4.72 Å². The van der Waals surface area contributed by atoms with Gasteiger partial charge in [-0.25, -0.2) is 13.1 Å². The summed E-state index contributed by atoms with van der Waals surface area (Å²) in [5.74, 6) is 0. The Morgan fingerprint density at radius 3 is 2.40 bits per heavy atom. The second kappa shape index (κ2) is 6.17. The molecule has 0 amide bonds. The van der Waals surface area contributed by atoms with Crippen LogP contribution in [0.1, 0.15) is 31.2 Å². The van der Waals surface area contributed by atoms with Gasteiger partial charge in [0.1, 0.15) is 0 Å². The molecule has 1 N–H and O–H groups in total. The average molecular weight is 310 g/mol. The molecule has 108 valence electrons. The van der Waals surface area contributed by atoms with Gasteiger partial charge < -0.3 is 0 Å². The van der Waals surface area contributed by atoms with E-state index in [2.05, 4.69) is 4.72 Å². The van der Waals surface area contributed by atoms with Gasteiger partial charge in [0.15, 0.2) is 0 Å². The van der Waals surface area contributed by atoms with Crippen LogP contribution in [0, 0.1) is 11.3 Å². The number of nitriles is 1. The molecule has 1 aliphatic carbocycles. The summed E-state index contributed by atoms with van der Waals surface area (Å²) in [6, 6.07) is 7.97. The monoisotopic (exact) mass is 310 g/mol. The third kappa shape index (κ3) is 3.35. The molecule has 0 unspecified atom stereocenters. The maximum Gasteiger partial charge on any atom is 0.240 e. The van der Waals surface area contributed by atoms with Crippen molar-refractivity contribution in [3.05, 3.63) is 29.8 Å². The van der Waals surface area contributed by atoms with Crippen molar-refractivity contribution in [3.63, 3.8) is 0 Å². The van der Waals surface area contributed by atoms with Crippen molar-refractivity contribution < 1.29 is 8.42 Å². The van der Waals surface area contributed by atoms with Crippen LogP contribution in [0.15, 0.2) is 29.2 Å². The third-order valence-corrected chi connectivity index (χ3v) is 6.66. The highest BCUT2D eigenvalue weighted by Crippen LogP contribution is 2.39. The fourth-order valence-electron chi connectivity index (χ4n) is 2.49. The first kappa shape index (κ1) is 15.4. The zero-order chi connectivity index (χ0) is 14.6. The van der Waals surface area contributed by atoms with Gasteiger partial charge in [-0.3, -0.25) is 0 Å². The highest BCUT2D eigenvalue weighted by atomic mass is 32.2. The third-order valence-electron chi connectivity index (χ3n) is 3.83. The smallest absolute Gasteiger partial charge is 0.210 e. The van der Waals surface area contributed by atoms with Gasteiger partial charge in [-0.1, -0.05) is 12.8 Å². The van der Waals surface area contributed by atoms with Crippen LogP contribution in [0.25, 0.3) is 0 Å². The molecular formula is C14H18N2O2S2. The summed E-state index contributed by atoms with van der Waals surface area (Å²) in [5.41, 5.74) is 0.459. The van der Waals surface area contributed by atoms with Gasteiger partial charge in [0.2, 0.25) is 10.0 Å². The fourth-order valence-corrected chi connectivity index (χ4v) is 4.62. The van der Waals surface area contributed by atoms with Gasteiger partial charge in [0, 0.05) is 11.3 Å². The lowest BCUT2D eigenvalue weighted by atomic mass is 10.1. The Hall–Kier alpha value is -1.03. The highest BCUT2D eigenvalue weighted by Gasteiger charge is 2.34. The SMILES string of the molecule is CSC1(CNS(=O)(=O)c2ccc(C#N)cc2)CCCC1. The second-order valence-electron chi connectivity index (χ2n) is 5.05. The minimum atomic E-state index is -3.49. The van der Waals surface area contributed by atoms with E-state index in [0.29, 0.717) is 12.1 Å². The number of hydrogen-bond acceptors (Lipinski definition) is 4. The molecule has 0 aliphatic heterocycles. The maximum atomic E-state index is 12.2. The molecule has 1 aliphatic rings. The number of rotatable bonds is 5. The van der Waals surface area contributed by atoms with E-state index in [9.17, 15) is 8.42 Å². The molecule has 1 saturated carbocycles. The summed E-state index contributed by atoms with van der Waals surface area (Å²) in [6.07, 6.45) is 6.49. The molecule has 1 aromatic carbocycles. The first-order valence-corrected chi connectivity index (χ1v) is 9.27. The van der Waals surface area contributed by atoms with E-state index in [0.717, 1.165) is 12.8 Å². The highest BCUT2D eigenvalue weighted by molar-refractivity contribution is 8.00. The second-order valence-corrected chi connectivity index (χ2v) is 8.10. The summed E-state index contributed by atoms with van der Waals surface area (Å²) in [5, 5.41) is 8.73. The Morgan fingerprint density at radius 2 is 1.90 bits per heavy atom. The summed E-state index contributed by atoms with van der Waals surface area (Å²) in [7, 11) is -3.49. The first-order chi connectivity index (χ1) is 9.51. The molecule has 0 spiro atoms. The van der Waals surface area contributed by atoms with Crippen LogP contribution in [0.4, 0.5) is 0 Å². The Bertz CT molecular complexity index is 597. The van der Waals surface area contributed by atoms with Crippen LogP contribution >= 0.6 is 11.8 Å². The number of benzene rings is 1. The number of thioether (sulfide) groups is 1. The average Bonchev–Trinajstić information content (AvgIpc) is 2.95. The molecule has 1 fully saturated rings. The minimum absolute atomic E-state index is 0.0413. The Balaban J connectivity index is 2.09. The predicted molar refractivity (Wildman–Crippen MR) is 81.1 cm³/mol. The topological polar surface area (TPSA) is 70.0 Å². The van der Waals surface area contributed by atoms with E-state index in [-0.39, 0.29) is 9.64 Å². The van der Waals surface area contributed by atoms with Crippen molar-refractivity contribution in [1.29, 1.82) is 5.26 Å². The normalized spacial score (nSPS) is 17.8. The van der Waals surface area contributed by atoms with Crippen LogP contribution in [-0.2, 0) is 10.0 Å². The Kier molecular flexibility index (Phi) is 4.74. The first-order valence-electron chi connectivity index (χ1n) is 6.56. The minimum Gasteiger partial charge on any atom is -0.210 e. The van der Waals surface area contributed by atoms with E-state index < -0.39 is 10.0 Å². The number of nitrogens with one attached hydrogen (secondary N) is 1. The number of sulfonamides is 1. The Labute approximate surface area is 124 Å². The molecule has 2 rings (SSSR count). The van der Waals surface area contributed by atoms with Gasteiger partial charge in [-0.05, 0) is 43.4 Å². The predicted octanol–water partition coefficient (Wildman–Crippen LogP) is 2.51. The zero-order valence-corrected chi connectivity index (χ0v) is 13.1. The van der Waals surface area contributed by atoms with E-state index in [1.54, 1.807) is 11.8 Å². The zero-order valence-electron chi connectivity index (χ0n) is 11.4. The summed E-state index contributed by atoms with van der Waals surface area (Å²) in [4.78, 5) is 0.214. The van der Waals surface area contributed by atoms with Crippen molar-refractivity contribution in [2.75, 3.05) is 12.8 Å². The molecule has 0 aromatic heterocycles. The molecule has 0 bridgehead atoms. The lowest BCUT2D eigenvalue weighted by molar-refractivity contribution is 0.551. The fraction of sp³-hybridized carbons (Fsp3) is 0.500. The van der Waals surface area contributed by atoms with Crippen LogP contribution in [-0.4, -0.2) is 26.0 Å². The quantitative estimate of drug-likeness (QED) is 0.907. The van der Waals surface area contributed by atoms with Gasteiger partial charge >= 0.3 is 0 Å². The summed E-state index contributed by atoms with van der Waals surface area (Å²) in [6.45, 7) is 0.469. The van der Waals surface area contributed by atoms with Gasteiger partial charge in [-0.2, -0.15) is 17.0 Å². The maximum absolute atomic E-state index is 12.2. The molecule has 6 heteroatoms. The molecule has 1 aromatic rings. The van der Waals surface area contributed by atoms with E-state index >= 15 is 0 Å². The van der Waals surface area contributed by atoms with Crippen molar-refractivity contribution in [2.45, 2.75) is 35.3 Å². The van der Waals surface area contributed by atoms with Crippen molar-refractivity contribution >= 4 is 21.8 Å². The van der Waals surface area contributed by atoms with Crippen LogP contribution in [0.2, 0.25) is 0 Å². The van der Waals surface area contributed by atoms with E-state index in [1.807, 2.05) is 12.3 Å². The summed E-state index contributed by atoms with van der Waals surface area (Å²) < 4.78 is 27.2. The molecule has 0 saturated heterocycles. The molecule has 0 heterocycles. The Morgan fingerprint density at radius 1 is 1.30 bits per heavy atom. The largest absolute Gasteiger partial charge is 0.240 e. The van der Waals surface area contributed by atoms with Crippen molar-refractivity contribution in [3.8, 4) is 6.07 Å². The number of hydrogen-bond donors (Lipinski definition) is 1. The molecule has 4 nitrogen and oxygen atoms in total. The van der Waals surface area contributed by atoms with E-state index in [4.69, 9.17) is 5.26 Å². The lowest BCUT2D eigenvalue weighted by Crippen LogP contribution is -2.38. The van der Waals surface area contributed by atoms with Gasteiger partial charge in [0.05, 0.1) is 16.5 Å². The van der Waals surface area contributed by atoms with E-state index in [1.165, 1.54) is 37.1 Å². The molecule has 0 atom stereocenters. The lowest BCUT2D eigenvalue weighted by Gasteiger charge is -2.26. The molecule has 0 radical (unpaired) electrons. The van der Waals surface area contributed by atoms with Crippen LogP contribution in [0.3, 0.4) is 0 Å².